The van der Waals surface area contributed by atoms with Gasteiger partial charge in [0.25, 0.3) is 0 Å². The molecular weight excluding hydrogens is 298 g/mol. The fourth-order valence-electron chi connectivity index (χ4n) is 0.786. The third-order valence-electron chi connectivity index (χ3n) is 1.38. The highest BCUT2D eigenvalue weighted by Crippen LogP contribution is 2.32. The van der Waals surface area contributed by atoms with E-state index in [-0.39, 0.29) is 9.26 Å². The lowest BCUT2D eigenvalue weighted by Crippen LogP contribution is -2.09. The molecule has 0 amide bonds. The summed E-state index contributed by atoms with van der Waals surface area (Å²) in [4.78, 5) is 3.61. The fourth-order valence-corrected chi connectivity index (χ4v) is 1.39. The van der Waals surface area contributed by atoms with E-state index >= 15 is 0 Å². The van der Waals surface area contributed by atoms with Crippen LogP contribution in [0.2, 0.25) is 0 Å². The third-order valence-corrected chi connectivity index (χ3v) is 2.24. The van der Waals surface area contributed by atoms with Crippen LogP contribution >= 0.6 is 22.6 Å². The average molecular weight is 303 g/mol. The standard InChI is InChI=1S/C7H5F3INO/c8-7(9,10)5-1-4(3-13)12-2-6(5)11/h1-2,13H,3H2. The highest BCUT2D eigenvalue weighted by molar-refractivity contribution is 14.1. The number of aliphatic hydroxyl groups excluding tert-OH is 1. The van der Waals surface area contributed by atoms with Crippen molar-refractivity contribution in [2.24, 2.45) is 0 Å². The topological polar surface area (TPSA) is 33.1 Å². The summed E-state index contributed by atoms with van der Waals surface area (Å²) in [5.41, 5.74) is -0.736. The number of alkyl halides is 3. The van der Waals surface area contributed by atoms with Gasteiger partial charge in [-0.05, 0) is 28.7 Å². The quantitative estimate of drug-likeness (QED) is 0.807. The molecule has 0 aliphatic rings. The minimum Gasteiger partial charge on any atom is -0.390 e. The van der Waals surface area contributed by atoms with Crippen LogP contribution in [0, 0.1) is 3.57 Å². The summed E-state index contributed by atoms with van der Waals surface area (Å²) in [6, 6.07) is 0.849. The second-order valence-corrected chi connectivity index (χ2v) is 3.47. The number of rotatable bonds is 1. The van der Waals surface area contributed by atoms with Gasteiger partial charge in [0.05, 0.1) is 17.9 Å². The normalized spacial score (nSPS) is 11.8. The van der Waals surface area contributed by atoms with Gasteiger partial charge in [0.1, 0.15) is 0 Å². The molecule has 0 atom stereocenters. The summed E-state index contributed by atoms with van der Waals surface area (Å²) in [6.45, 7) is -0.486. The molecule has 1 rings (SSSR count). The Morgan fingerprint density at radius 2 is 2.08 bits per heavy atom. The van der Waals surface area contributed by atoms with Crippen LogP contribution in [-0.2, 0) is 12.8 Å². The molecule has 0 bridgehead atoms. The molecular formula is C7H5F3INO. The average Bonchev–Trinajstić information content (AvgIpc) is 2.03. The lowest BCUT2D eigenvalue weighted by Gasteiger charge is -2.09. The van der Waals surface area contributed by atoms with Crippen molar-refractivity contribution in [1.29, 1.82) is 0 Å². The second kappa shape index (κ2) is 3.79. The lowest BCUT2D eigenvalue weighted by atomic mass is 10.2. The molecule has 0 aliphatic heterocycles. The van der Waals surface area contributed by atoms with Gasteiger partial charge in [-0.25, -0.2) is 0 Å². The van der Waals surface area contributed by atoms with E-state index in [0.717, 1.165) is 12.3 Å². The Morgan fingerprint density at radius 1 is 1.46 bits per heavy atom. The van der Waals surface area contributed by atoms with E-state index in [1.807, 2.05) is 0 Å². The molecule has 0 radical (unpaired) electrons. The first kappa shape index (κ1) is 10.7. The summed E-state index contributed by atoms with van der Waals surface area (Å²) in [7, 11) is 0. The summed E-state index contributed by atoms with van der Waals surface area (Å²) >= 11 is 1.55. The van der Waals surface area contributed by atoms with Crippen molar-refractivity contribution in [1.82, 2.24) is 4.98 Å². The SMILES string of the molecule is OCc1cc(C(F)(F)F)c(I)cn1. The van der Waals surface area contributed by atoms with Crippen LogP contribution in [0.25, 0.3) is 0 Å². The third kappa shape index (κ3) is 2.53. The van der Waals surface area contributed by atoms with Gasteiger partial charge >= 0.3 is 6.18 Å². The number of pyridine rings is 1. The Bertz CT molecular complexity index is 313. The predicted octanol–water partition coefficient (Wildman–Crippen LogP) is 2.20. The molecule has 1 aromatic rings. The Balaban J connectivity index is 3.19. The van der Waals surface area contributed by atoms with Crippen molar-refractivity contribution in [3.63, 3.8) is 0 Å². The van der Waals surface area contributed by atoms with Gasteiger partial charge in [-0.1, -0.05) is 0 Å². The molecule has 1 heterocycles. The molecule has 0 unspecified atom stereocenters. The van der Waals surface area contributed by atoms with Crippen molar-refractivity contribution in [2.75, 3.05) is 0 Å². The molecule has 72 valence electrons. The number of aromatic nitrogens is 1. The summed E-state index contributed by atoms with van der Waals surface area (Å²) < 4.78 is 36.8. The Kier molecular flexibility index (Phi) is 3.12. The highest BCUT2D eigenvalue weighted by atomic mass is 127. The summed E-state index contributed by atoms with van der Waals surface area (Å²) in [5, 5.41) is 8.59. The van der Waals surface area contributed by atoms with E-state index in [1.165, 1.54) is 0 Å². The molecule has 0 saturated heterocycles. The fraction of sp³-hybridized carbons (Fsp3) is 0.286. The van der Waals surface area contributed by atoms with Crippen LogP contribution in [0.5, 0.6) is 0 Å². The smallest absolute Gasteiger partial charge is 0.390 e. The number of aliphatic hydroxyl groups is 1. The Labute approximate surface area is 85.9 Å². The second-order valence-electron chi connectivity index (χ2n) is 2.31. The van der Waals surface area contributed by atoms with E-state index in [4.69, 9.17) is 5.11 Å². The van der Waals surface area contributed by atoms with E-state index < -0.39 is 18.3 Å². The molecule has 13 heavy (non-hydrogen) atoms. The molecule has 2 nitrogen and oxygen atoms in total. The first-order chi connectivity index (χ1) is 5.95. The zero-order chi connectivity index (χ0) is 10.1. The summed E-state index contributed by atoms with van der Waals surface area (Å²) in [5.74, 6) is 0. The molecule has 0 fully saturated rings. The zero-order valence-corrected chi connectivity index (χ0v) is 8.43. The van der Waals surface area contributed by atoms with Crippen molar-refractivity contribution < 1.29 is 18.3 Å². The largest absolute Gasteiger partial charge is 0.417 e. The predicted molar refractivity (Wildman–Crippen MR) is 47.9 cm³/mol. The van der Waals surface area contributed by atoms with Crippen molar-refractivity contribution in [2.45, 2.75) is 12.8 Å². The zero-order valence-electron chi connectivity index (χ0n) is 6.27. The van der Waals surface area contributed by atoms with E-state index in [1.54, 1.807) is 22.6 Å². The Hall–Kier alpha value is -0.370. The monoisotopic (exact) mass is 303 g/mol. The van der Waals surface area contributed by atoms with Gasteiger partial charge in [0.2, 0.25) is 0 Å². The van der Waals surface area contributed by atoms with Crippen molar-refractivity contribution >= 4 is 22.6 Å². The summed E-state index contributed by atoms with van der Waals surface area (Å²) in [6.07, 6.45) is -3.29. The van der Waals surface area contributed by atoms with Crippen LogP contribution in [0.4, 0.5) is 13.2 Å². The maximum absolute atomic E-state index is 12.3. The van der Waals surface area contributed by atoms with Crippen LogP contribution in [-0.4, -0.2) is 10.1 Å². The number of halogens is 4. The van der Waals surface area contributed by atoms with Crippen molar-refractivity contribution in [3.05, 3.63) is 27.1 Å². The molecule has 1 aromatic heterocycles. The highest BCUT2D eigenvalue weighted by Gasteiger charge is 2.33. The molecule has 0 aromatic carbocycles. The van der Waals surface area contributed by atoms with E-state index in [2.05, 4.69) is 4.98 Å². The van der Waals surface area contributed by atoms with Gasteiger partial charge in [-0.3, -0.25) is 4.98 Å². The van der Waals surface area contributed by atoms with Crippen LogP contribution < -0.4 is 0 Å². The molecule has 0 aliphatic carbocycles. The molecule has 0 saturated carbocycles. The first-order valence-corrected chi connectivity index (χ1v) is 4.35. The molecule has 1 N–H and O–H groups in total. The molecule has 0 spiro atoms. The first-order valence-electron chi connectivity index (χ1n) is 3.27. The van der Waals surface area contributed by atoms with Crippen LogP contribution in [0.15, 0.2) is 12.3 Å². The van der Waals surface area contributed by atoms with Gasteiger partial charge in [0.15, 0.2) is 0 Å². The number of hydrogen-bond acceptors (Lipinski definition) is 2. The minimum atomic E-state index is -4.39. The van der Waals surface area contributed by atoms with Gasteiger partial charge in [-0.15, -0.1) is 0 Å². The van der Waals surface area contributed by atoms with E-state index in [9.17, 15) is 13.2 Å². The minimum absolute atomic E-state index is 0.0211. The Morgan fingerprint density at radius 3 is 2.54 bits per heavy atom. The number of nitrogens with zero attached hydrogens (tertiary/aromatic N) is 1. The molecule has 6 heteroatoms. The lowest BCUT2D eigenvalue weighted by molar-refractivity contribution is -0.138. The van der Waals surface area contributed by atoms with Gasteiger partial charge in [0, 0.05) is 9.77 Å². The van der Waals surface area contributed by atoms with Crippen LogP contribution in [0.1, 0.15) is 11.3 Å². The van der Waals surface area contributed by atoms with Crippen molar-refractivity contribution in [3.8, 4) is 0 Å². The maximum Gasteiger partial charge on any atom is 0.417 e. The van der Waals surface area contributed by atoms with Gasteiger partial charge in [-0.2, -0.15) is 13.2 Å². The van der Waals surface area contributed by atoms with Crippen LogP contribution in [0.3, 0.4) is 0 Å². The van der Waals surface area contributed by atoms with E-state index in [0.29, 0.717) is 0 Å². The van der Waals surface area contributed by atoms with Gasteiger partial charge < -0.3 is 5.11 Å². The maximum atomic E-state index is 12.3. The number of hydrogen-bond donors (Lipinski definition) is 1.